The Hall–Kier alpha value is -1.40. The molecule has 1 unspecified atom stereocenters. The molecule has 1 atom stereocenters. The highest BCUT2D eigenvalue weighted by Gasteiger charge is 2.22. The molecule has 6 heteroatoms. The SMILES string of the molecule is CCCNc1nc(NC(C)(CC)CO)c2ccsc2n1. The van der Waals surface area contributed by atoms with Crippen molar-refractivity contribution < 1.29 is 5.11 Å². The van der Waals surface area contributed by atoms with Crippen LogP contribution in [-0.4, -0.2) is 33.8 Å². The molecule has 0 radical (unpaired) electrons. The zero-order valence-electron chi connectivity index (χ0n) is 12.2. The van der Waals surface area contributed by atoms with E-state index in [9.17, 15) is 5.11 Å². The van der Waals surface area contributed by atoms with Crippen molar-refractivity contribution in [3.05, 3.63) is 11.4 Å². The molecule has 0 saturated heterocycles. The first-order chi connectivity index (χ1) is 9.61. The van der Waals surface area contributed by atoms with E-state index < -0.39 is 0 Å². The van der Waals surface area contributed by atoms with Crippen molar-refractivity contribution in [3.63, 3.8) is 0 Å². The summed E-state index contributed by atoms with van der Waals surface area (Å²) in [5.74, 6) is 1.42. The number of fused-ring (bicyclic) bond motifs is 1. The quantitative estimate of drug-likeness (QED) is 0.732. The lowest BCUT2D eigenvalue weighted by Gasteiger charge is -2.28. The number of anilines is 2. The fourth-order valence-electron chi connectivity index (χ4n) is 1.79. The maximum atomic E-state index is 9.56. The molecule has 0 aliphatic rings. The fourth-order valence-corrected chi connectivity index (χ4v) is 2.56. The van der Waals surface area contributed by atoms with Crippen LogP contribution in [-0.2, 0) is 0 Å². The number of nitrogens with zero attached hydrogens (tertiary/aromatic N) is 2. The maximum Gasteiger partial charge on any atom is 0.226 e. The predicted octanol–water partition coefficient (Wildman–Crippen LogP) is 3.09. The molecule has 0 spiro atoms. The largest absolute Gasteiger partial charge is 0.394 e. The van der Waals surface area contributed by atoms with Crippen molar-refractivity contribution >= 4 is 33.3 Å². The van der Waals surface area contributed by atoms with Crippen LogP contribution in [0.4, 0.5) is 11.8 Å². The van der Waals surface area contributed by atoms with E-state index in [1.807, 2.05) is 25.3 Å². The number of rotatable bonds is 7. The summed E-state index contributed by atoms with van der Waals surface area (Å²) in [6, 6.07) is 2.01. The lowest BCUT2D eigenvalue weighted by molar-refractivity contribution is 0.218. The Labute approximate surface area is 123 Å². The molecule has 110 valence electrons. The lowest BCUT2D eigenvalue weighted by Crippen LogP contribution is -2.38. The highest BCUT2D eigenvalue weighted by molar-refractivity contribution is 7.16. The second kappa shape index (κ2) is 6.37. The fraction of sp³-hybridized carbons (Fsp3) is 0.571. The van der Waals surface area contributed by atoms with Gasteiger partial charge in [0, 0.05) is 6.54 Å². The second-order valence-corrected chi connectivity index (χ2v) is 6.05. The minimum atomic E-state index is -0.370. The summed E-state index contributed by atoms with van der Waals surface area (Å²) in [4.78, 5) is 10.0. The predicted molar refractivity (Wildman–Crippen MR) is 85.6 cm³/mol. The normalized spacial score (nSPS) is 14.2. The van der Waals surface area contributed by atoms with Gasteiger partial charge >= 0.3 is 0 Å². The van der Waals surface area contributed by atoms with E-state index in [2.05, 4.69) is 27.5 Å². The third-order valence-corrected chi connectivity index (χ3v) is 4.21. The third kappa shape index (κ3) is 3.19. The van der Waals surface area contributed by atoms with Gasteiger partial charge in [0.25, 0.3) is 0 Å². The van der Waals surface area contributed by atoms with Gasteiger partial charge in [0.05, 0.1) is 17.5 Å². The third-order valence-electron chi connectivity index (χ3n) is 3.41. The topological polar surface area (TPSA) is 70.1 Å². The zero-order chi connectivity index (χ0) is 14.6. The second-order valence-electron chi connectivity index (χ2n) is 5.16. The molecule has 0 aromatic carbocycles. The summed E-state index contributed by atoms with van der Waals surface area (Å²) < 4.78 is 0. The lowest BCUT2D eigenvalue weighted by atomic mass is 10.0. The van der Waals surface area contributed by atoms with Crippen molar-refractivity contribution in [3.8, 4) is 0 Å². The Balaban J connectivity index is 2.36. The minimum Gasteiger partial charge on any atom is -0.394 e. The van der Waals surface area contributed by atoms with Gasteiger partial charge in [0.15, 0.2) is 0 Å². The molecule has 0 aliphatic carbocycles. The molecule has 2 heterocycles. The molecule has 0 aliphatic heterocycles. The van der Waals surface area contributed by atoms with E-state index in [-0.39, 0.29) is 12.1 Å². The Morgan fingerprint density at radius 3 is 2.80 bits per heavy atom. The first-order valence-corrected chi connectivity index (χ1v) is 7.88. The van der Waals surface area contributed by atoms with Gasteiger partial charge in [-0.05, 0) is 31.2 Å². The summed E-state index contributed by atoms with van der Waals surface area (Å²) >= 11 is 1.60. The Morgan fingerprint density at radius 1 is 1.35 bits per heavy atom. The van der Waals surface area contributed by atoms with Crippen LogP contribution in [0.15, 0.2) is 11.4 Å². The summed E-state index contributed by atoms with van der Waals surface area (Å²) in [6.07, 6.45) is 1.84. The molecule has 0 saturated carbocycles. The van der Waals surface area contributed by atoms with E-state index in [4.69, 9.17) is 0 Å². The summed E-state index contributed by atoms with van der Waals surface area (Å²) in [5.41, 5.74) is -0.370. The smallest absolute Gasteiger partial charge is 0.226 e. The number of aliphatic hydroxyl groups is 1. The first kappa shape index (κ1) is 15.0. The summed E-state index contributed by atoms with van der Waals surface area (Å²) in [7, 11) is 0. The van der Waals surface area contributed by atoms with Crippen LogP contribution in [0.1, 0.15) is 33.6 Å². The van der Waals surface area contributed by atoms with Crippen molar-refractivity contribution in [1.82, 2.24) is 9.97 Å². The van der Waals surface area contributed by atoms with Crippen LogP contribution >= 0.6 is 11.3 Å². The molecule has 3 N–H and O–H groups in total. The van der Waals surface area contributed by atoms with Gasteiger partial charge in [0.2, 0.25) is 5.95 Å². The first-order valence-electron chi connectivity index (χ1n) is 7.00. The highest BCUT2D eigenvalue weighted by Crippen LogP contribution is 2.29. The van der Waals surface area contributed by atoms with E-state index in [0.717, 1.165) is 35.4 Å². The Bertz CT molecular complexity index is 565. The van der Waals surface area contributed by atoms with Gasteiger partial charge < -0.3 is 15.7 Å². The molecule has 20 heavy (non-hydrogen) atoms. The van der Waals surface area contributed by atoms with Crippen LogP contribution in [0.25, 0.3) is 10.2 Å². The highest BCUT2D eigenvalue weighted by atomic mass is 32.1. The number of hydrogen-bond donors (Lipinski definition) is 3. The molecule has 2 aromatic rings. The van der Waals surface area contributed by atoms with Crippen LogP contribution in [0.2, 0.25) is 0 Å². The van der Waals surface area contributed by atoms with Gasteiger partial charge in [-0.2, -0.15) is 4.98 Å². The standard InChI is InChI=1S/C14H22N4OS/c1-4-7-15-13-16-11(18-14(3,5-2)9-19)10-6-8-20-12(10)17-13/h6,8,19H,4-5,7,9H2,1-3H3,(H2,15,16,17,18). The number of aliphatic hydroxyl groups excluding tert-OH is 1. The summed E-state index contributed by atoms with van der Waals surface area (Å²) in [6.45, 7) is 7.06. The van der Waals surface area contributed by atoms with E-state index >= 15 is 0 Å². The average molecular weight is 294 g/mol. The molecule has 0 bridgehead atoms. The van der Waals surface area contributed by atoms with Crippen molar-refractivity contribution in [2.24, 2.45) is 0 Å². The molecular weight excluding hydrogens is 272 g/mol. The number of nitrogens with one attached hydrogen (secondary N) is 2. The molecule has 0 fully saturated rings. The van der Waals surface area contributed by atoms with Crippen molar-refractivity contribution in [1.29, 1.82) is 0 Å². The molecule has 0 amide bonds. The van der Waals surface area contributed by atoms with Crippen LogP contribution in [0.3, 0.4) is 0 Å². The van der Waals surface area contributed by atoms with Crippen LogP contribution in [0, 0.1) is 0 Å². The van der Waals surface area contributed by atoms with Gasteiger partial charge in [0.1, 0.15) is 10.6 Å². The van der Waals surface area contributed by atoms with E-state index in [1.165, 1.54) is 0 Å². The van der Waals surface area contributed by atoms with Crippen LogP contribution < -0.4 is 10.6 Å². The maximum absolute atomic E-state index is 9.56. The van der Waals surface area contributed by atoms with Crippen molar-refractivity contribution in [2.75, 3.05) is 23.8 Å². The average Bonchev–Trinajstić information content (AvgIpc) is 2.93. The molecule has 5 nitrogen and oxygen atoms in total. The minimum absolute atomic E-state index is 0.0663. The Kier molecular flexibility index (Phi) is 4.77. The number of thiophene rings is 1. The van der Waals surface area contributed by atoms with E-state index in [0.29, 0.717) is 5.95 Å². The van der Waals surface area contributed by atoms with Gasteiger partial charge in [-0.1, -0.05) is 13.8 Å². The molecular formula is C14H22N4OS. The number of hydrogen-bond acceptors (Lipinski definition) is 6. The van der Waals surface area contributed by atoms with Crippen molar-refractivity contribution in [2.45, 2.75) is 39.2 Å². The molecule has 2 aromatic heterocycles. The van der Waals surface area contributed by atoms with Gasteiger partial charge in [-0.15, -0.1) is 11.3 Å². The van der Waals surface area contributed by atoms with Crippen LogP contribution in [0.5, 0.6) is 0 Å². The Morgan fingerprint density at radius 2 is 2.15 bits per heavy atom. The van der Waals surface area contributed by atoms with Gasteiger partial charge in [-0.25, -0.2) is 4.98 Å². The number of aromatic nitrogens is 2. The summed E-state index contributed by atoms with van der Waals surface area (Å²) in [5, 5.41) is 19.2. The monoisotopic (exact) mass is 294 g/mol. The van der Waals surface area contributed by atoms with E-state index in [1.54, 1.807) is 11.3 Å². The molecule has 2 rings (SSSR count). The zero-order valence-corrected chi connectivity index (χ0v) is 13.0. The van der Waals surface area contributed by atoms with Gasteiger partial charge in [-0.3, -0.25) is 0 Å².